The highest BCUT2D eigenvalue weighted by Crippen LogP contribution is 2.18. The molecule has 0 radical (unpaired) electrons. The topological polar surface area (TPSA) is 80.9 Å². The molecule has 1 amide bonds. The van der Waals surface area contributed by atoms with Crippen molar-refractivity contribution in [2.75, 3.05) is 11.1 Å². The van der Waals surface area contributed by atoms with Crippen LogP contribution in [-0.2, 0) is 0 Å². The highest BCUT2D eigenvalue weighted by atomic mass is 16.1. The van der Waals surface area contributed by atoms with E-state index in [0.717, 1.165) is 11.1 Å². The Labute approximate surface area is 105 Å². The van der Waals surface area contributed by atoms with Crippen molar-refractivity contribution in [1.82, 2.24) is 10.2 Å². The summed E-state index contributed by atoms with van der Waals surface area (Å²) in [5.74, 6) is 0.181. The smallest absolute Gasteiger partial charge is 0.257 e. The number of carbonyl (C=O) groups excluding carboxylic acids is 1. The van der Waals surface area contributed by atoms with Gasteiger partial charge in [0.2, 0.25) is 0 Å². The van der Waals surface area contributed by atoms with Crippen LogP contribution in [0.4, 0.5) is 11.5 Å². The number of carbonyl (C=O) groups is 1. The molecule has 2 rings (SSSR count). The van der Waals surface area contributed by atoms with E-state index in [1.54, 1.807) is 24.4 Å². The van der Waals surface area contributed by atoms with Crippen LogP contribution in [0.25, 0.3) is 0 Å². The van der Waals surface area contributed by atoms with Gasteiger partial charge < -0.3 is 11.1 Å². The van der Waals surface area contributed by atoms with E-state index >= 15 is 0 Å². The summed E-state index contributed by atoms with van der Waals surface area (Å²) in [5.41, 5.74) is 8.80. The molecule has 0 aliphatic heterocycles. The summed E-state index contributed by atoms with van der Waals surface area (Å²) in [7, 11) is 0. The van der Waals surface area contributed by atoms with Gasteiger partial charge >= 0.3 is 0 Å². The number of amides is 1. The summed E-state index contributed by atoms with van der Waals surface area (Å²) >= 11 is 0. The van der Waals surface area contributed by atoms with E-state index in [0.29, 0.717) is 17.1 Å². The Morgan fingerprint density at radius 3 is 2.72 bits per heavy atom. The second-order valence-electron chi connectivity index (χ2n) is 4.09. The second kappa shape index (κ2) is 4.83. The molecule has 18 heavy (non-hydrogen) atoms. The first-order valence-corrected chi connectivity index (χ1v) is 5.53. The fraction of sp³-hybridized carbons (Fsp3) is 0.154. The number of benzene rings is 1. The highest BCUT2D eigenvalue weighted by molar-refractivity contribution is 6.05. The first kappa shape index (κ1) is 12.0. The SMILES string of the molecule is Cc1cc(C)c(C(=O)Nc2cccnn2)cc1N. The Bertz CT molecular complexity index is 581. The fourth-order valence-electron chi connectivity index (χ4n) is 1.67. The van der Waals surface area contributed by atoms with Crippen LogP contribution < -0.4 is 11.1 Å². The van der Waals surface area contributed by atoms with Gasteiger partial charge in [-0.15, -0.1) is 5.10 Å². The number of aryl methyl sites for hydroxylation is 2. The van der Waals surface area contributed by atoms with Crippen molar-refractivity contribution in [3.63, 3.8) is 0 Å². The summed E-state index contributed by atoms with van der Waals surface area (Å²) in [6.45, 7) is 3.78. The lowest BCUT2D eigenvalue weighted by Crippen LogP contribution is -2.15. The Morgan fingerprint density at radius 2 is 2.06 bits per heavy atom. The number of hydrogen-bond acceptors (Lipinski definition) is 4. The lowest BCUT2D eigenvalue weighted by Gasteiger charge is -2.09. The predicted molar refractivity (Wildman–Crippen MR) is 70.3 cm³/mol. The van der Waals surface area contributed by atoms with Crippen LogP contribution in [0.1, 0.15) is 21.5 Å². The zero-order valence-corrected chi connectivity index (χ0v) is 10.3. The quantitative estimate of drug-likeness (QED) is 0.788. The van der Waals surface area contributed by atoms with E-state index in [-0.39, 0.29) is 5.91 Å². The molecule has 0 saturated carbocycles. The van der Waals surface area contributed by atoms with E-state index in [4.69, 9.17) is 5.73 Å². The first-order valence-electron chi connectivity index (χ1n) is 5.53. The second-order valence-corrected chi connectivity index (χ2v) is 4.09. The molecule has 0 unspecified atom stereocenters. The van der Waals surface area contributed by atoms with Gasteiger partial charge in [-0.3, -0.25) is 4.79 Å². The molecule has 0 bridgehead atoms. The average molecular weight is 242 g/mol. The molecule has 92 valence electrons. The summed E-state index contributed by atoms with van der Waals surface area (Å²) in [6, 6.07) is 6.95. The number of nitrogens with zero attached hydrogens (tertiary/aromatic N) is 2. The molecule has 0 atom stereocenters. The van der Waals surface area contributed by atoms with Gasteiger partial charge in [-0.1, -0.05) is 6.07 Å². The molecule has 5 heteroatoms. The van der Waals surface area contributed by atoms with Crippen LogP contribution in [0.3, 0.4) is 0 Å². The molecule has 0 saturated heterocycles. The van der Waals surface area contributed by atoms with Crippen molar-refractivity contribution in [2.24, 2.45) is 0 Å². The van der Waals surface area contributed by atoms with Gasteiger partial charge in [-0.2, -0.15) is 5.10 Å². The molecule has 3 N–H and O–H groups in total. The molecule has 0 aliphatic rings. The first-order chi connectivity index (χ1) is 8.58. The van der Waals surface area contributed by atoms with Gasteiger partial charge in [0, 0.05) is 17.4 Å². The van der Waals surface area contributed by atoms with Crippen molar-refractivity contribution in [2.45, 2.75) is 13.8 Å². The third-order valence-electron chi connectivity index (χ3n) is 2.67. The molecule has 5 nitrogen and oxygen atoms in total. The molecule has 1 aromatic heterocycles. The maximum Gasteiger partial charge on any atom is 0.257 e. The number of nitrogen functional groups attached to an aromatic ring is 1. The number of rotatable bonds is 2. The van der Waals surface area contributed by atoms with Gasteiger partial charge in [-0.25, -0.2) is 0 Å². The van der Waals surface area contributed by atoms with Crippen LogP contribution in [0.15, 0.2) is 30.5 Å². The largest absolute Gasteiger partial charge is 0.398 e. The lowest BCUT2D eigenvalue weighted by atomic mass is 10.0. The number of nitrogens with one attached hydrogen (secondary N) is 1. The number of anilines is 2. The van der Waals surface area contributed by atoms with Crippen molar-refractivity contribution in [3.8, 4) is 0 Å². The average Bonchev–Trinajstić information content (AvgIpc) is 2.35. The summed E-state index contributed by atoms with van der Waals surface area (Å²) in [6.07, 6.45) is 1.55. The van der Waals surface area contributed by atoms with E-state index in [9.17, 15) is 4.79 Å². The minimum absolute atomic E-state index is 0.236. The van der Waals surface area contributed by atoms with E-state index < -0.39 is 0 Å². The van der Waals surface area contributed by atoms with E-state index in [2.05, 4.69) is 15.5 Å². The Kier molecular flexibility index (Phi) is 3.23. The van der Waals surface area contributed by atoms with Gasteiger partial charge in [-0.05, 0) is 43.2 Å². The third-order valence-corrected chi connectivity index (χ3v) is 2.67. The maximum atomic E-state index is 12.1. The molecule has 1 aromatic carbocycles. The van der Waals surface area contributed by atoms with Crippen molar-refractivity contribution in [3.05, 3.63) is 47.2 Å². The number of nitrogens with two attached hydrogens (primary N) is 1. The molecule has 0 aliphatic carbocycles. The minimum Gasteiger partial charge on any atom is -0.398 e. The summed E-state index contributed by atoms with van der Waals surface area (Å²) < 4.78 is 0. The highest BCUT2D eigenvalue weighted by Gasteiger charge is 2.11. The fourth-order valence-corrected chi connectivity index (χ4v) is 1.67. The lowest BCUT2D eigenvalue weighted by molar-refractivity contribution is 0.102. The summed E-state index contributed by atoms with van der Waals surface area (Å²) in [4.78, 5) is 12.1. The molecule has 2 aromatic rings. The van der Waals surface area contributed by atoms with Gasteiger partial charge in [0.05, 0.1) is 0 Å². The Hall–Kier alpha value is -2.43. The van der Waals surface area contributed by atoms with Crippen LogP contribution in [0, 0.1) is 13.8 Å². The van der Waals surface area contributed by atoms with Gasteiger partial charge in [0.1, 0.15) is 0 Å². The van der Waals surface area contributed by atoms with Crippen molar-refractivity contribution in [1.29, 1.82) is 0 Å². The number of aromatic nitrogens is 2. The standard InChI is InChI=1S/C13H14N4O/c1-8-6-9(2)11(14)7-10(8)13(18)16-12-4-3-5-15-17-12/h3-7H,14H2,1-2H3,(H,16,17,18). The predicted octanol–water partition coefficient (Wildman–Crippen LogP) is 1.93. The van der Waals surface area contributed by atoms with Crippen molar-refractivity contribution >= 4 is 17.4 Å². The van der Waals surface area contributed by atoms with Crippen molar-refractivity contribution < 1.29 is 4.79 Å². The molecular formula is C13H14N4O. The minimum atomic E-state index is -0.236. The Balaban J connectivity index is 2.27. The molecule has 0 spiro atoms. The van der Waals surface area contributed by atoms with E-state index in [1.165, 1.54) is 0 Å². The van der Waals surface area contributed by atoms with E-state index in [1.807, 2.05) is 19.9 Å². The number of hydrogen-bond donors (Lipinski definition) is 2. The maximum absolute atomic E-state index is 12.1. The van der Waals surface area contributed by atoms with Crippen LogP contribution >= 0.6 is 0 Å². The molecule has 0 fully saturated rings. The molecular weight excluding hydrogens is 228 g/mol. The van der Waals surface area contributed by atoms with Gasteiger partial charge in [0.15, 0.2) is 5.82 Å². The Morgan fingerprint density at radius 1 is 1.28 bits per heavy atom. The van der Waals surface area contributed by atoms with Crippen LogP contribution in [0.2, 0.25) is 0 Å². The van der Waals surface area contributed by atoms with Crippen LogP contribution in [0.5, 0.6) is 0 Å². The third kappa shape index (κ3) is 2.45. The summed E-state index contributed by atoms with van der Waals surface area (Å²) in [5, 5.41) is 10.2. The molecule has 1 heterocycles. The normalized spacial score (nSPS) is 10.1. The van der Waals surface area contributed by atoms with Gasteiger partial charge in [0.25, 0.3) is 5.91 Å². The van der Waals surface area contributed by atoms with Crippen LogP contribution in [-0.4, -0.2) is 16.1 Å². The zero-order valence-electron chi connectivity index (χ0n) is 10.3. The zero-order chi connectivity index (χ0) is 13.1. The monoisotopic (exact) mass is 242 g/mol.